The number of amides is 1. The van der Waals surface area contributed by atoms with Crippen LogP contribution in [0.4, 0.5) is 0 Å². The summed E-state index contributed by atoms with van der Waals surface area (Å²) in [6, 6.07) is 0. The molecule has 3 N–H and O–H groups in total. The first-order chi connectivity index (χ1) is 10.1. The summed E-state index contributed by atoms with van der Waals surface area (Å²) in [7, 11) is 0. The van der Waals surface area contributed by atoms with Crippen molar-refractivity contribution in [1.82, 2.24) is 15.5 Å². The molecule has 0 aromatic carbocycles. The van der Waals surface area contributed by atoms with E-state index in [4.69, 9.17) is 15.0 Å². The Morgan fingerprint density at radius 1 is 1.62 bits per heavy atom. The number of nitrogens with two attached hydrogens (primary N) is 1. The van der Waals surface area contributed by atoms with Crippen LogP contribution in [0.1, 0.15) is 51.2 Å². The van der Waals surface area contributed by atoms with Crippen molar-refractivity contribution < 1.29 is 14.1 Å². The molecule has 2 rings (SSSR count). The number of ether oxygens (including phenoxy) is 1. The second-order valence-electron chi connectivity index (χ2n) is 5.71. The van der Waals surface area contributed by atoms with Gasteiger partial charge in [0.2, 0.25) is 17.6 Å². The number of rotatable bonds is 7. The fourth-order valence-electron chi connectivity index (χ4n) is 2.98. The maximum absolute atomic E-state index is 10.7. The van der Waals surface area contributed by atoms with Gasteiger partial charge in [-0.2, -0.15) is 4.98 Å². The smallest absolute Gasteiger partial charge is 0.240 e. The Labute approximate surface area is 124 Å². The monoisotopic (exact) mass is 296 g/mol. The van der Waals surface area contributed by atoms with Crippen LogP contribution in [0.3, 0.4) is 0 Å². The van der Waals surface area contributed by atoms with Gasteiger partial charge in [0.05, 0.1) is 13.1 Å². The lowest BCUT2D eigenvalue weighted by atomic mass is 9.78. The van der Waals surface area contributed by atoms with Crippen molar-refractivity contribution in [3.8, 4) is 0 Å². The summed E-state index contributed by atoms with van der Waals surface area (Å²) in [4.78, 5) is 15.1. The molecule has 118 valence electrons. The van der Waals surface area contributed by atoms with Gasteiger partial charge in [-0.1, -0.05) is 18.5 Å². The molecule has 0 aliphatic heterocycles. The largest absolute Gasteiger partial charge is 0.369 e. The number of carbonyl (C=O) groups is 1. The van der Waals surface area contributed by atoms with E-state index in [-0.39, 0.29) is 6.54 Å². The number of aromatic nitrogens is 2. The van der Waals surface area contributed by atoms with E-state index >= 15 is 0 Å². The highest BCUT2D eigenvalue weighted by Crippen LogP contribution is 2.41. The van der Waals surface area contributed by atoms with Gasteiger partial charge >= 0.3 is 0 Å². The number of nitrogens with zero attached hydrogens (tertiary/aromatic N) is 2. The lowest BCUT2D eigenvalue weighted by molar-refractivity contribution is -0.117. The molecule has 21 heavy (non-hydrogen) atoms. The zero-order chi connectivity index (χ0) is 15.3. The Balaban J connectivity index is 2.07. The van der Waals surface area contributed by atoms with Crippen LogP contribution in [0.5, 0.6) is 0 Å². The van der Waals surface area contributed by atoms with E-state index in [1.54, 1.807) is 0 Å². The molecule has 1 aromatic heterocycles. The van der Waals surface area contributed by atoms with Gasteiger partial charge in [0.25, 0.3) is 0 Å². The van der Waals surface area contributed by atoms with Crippen molar-refractivity contribution >= 4 is 5.91 Å². The van der Waals surface area contributed by atoms with E-state index in [0.717, 1.165) is 19.3 Å². The minimum Gasteiger partial charge on any atom is -0.369 e. The maximum Gasteiger partial charge on any atom is 0.240 e. The fraction of sp³-hybridized carbons (Fsp3) is 0.786. The zero-order valence-corrected chi connectivity index (χ0v) is 12.7. The zero-order valence-electron chi connectivity index (χ0n) is 12.7. The lowest BCUT2D eigenvalue weighted by Gasteiger charge is -2.37. The molecule has 1 aromatic rings. The third-order valence-electron chi connectivity index (χ3n) is 3.83. The molecule has 0 spiro atoms. The average Bonchev–Trinajstić information content (AvgIpc) is 2.88. The molecule has 0 bridgehead atoms. The van der Waals surface area contributed by atoms with Crippen LogP contribution in [0.2, 0.25) is 0 Å². The van der Waals surface area contributed by atoms with Crippen molar-refractivity contribution in [3.63, 3.8) is 0 Å². The fourth-order valence-corrected chi connectivity index (χ4v) is 2.98. The molecular formula is C14H24N4O3. The van der Waals surface area contributed by atoms with E-state index in [2.05, 4.69) is 22.4 Å². The van der Waals surface area contributed by atoms with Crippen LogP contribution >= 0.6 is 0 Å². The number of primary amides is 1. The van der Waals surface area contributed by atoms with Crippen LogP contribution in [0, 0.1) is 5.92 Å². The minimum atomic E-state index is -0.433. The van der Waals surface area contributed by atoms with Crippen LogP contribution in [0.15, 0.2) is 4.52 Å². The molecule has 7 heteroatoms. The second-order valence-corrected chi connectivity index (χ2v) is 5.71. The van der Waals surface area contributed by atoms with E-state index < -0.39 is 11.5 Å². The highest BCUT2D eigenvalue weighted by molar-refractivity contribution is 5.75. The SMILES string of the molecule is CCOC1(c2noc(CNCC(N)=O)n2)CCCC(C)C1. The molecule has 1 aliphatic carbocycles. The molecule has 1 amide bonds. The highest BCUT2D eigenvalue weighted by atomic mass is 16.5. The normalized spacial score (nSPS) is 25.9. The van der Waals surface area contributed by atoms with Gasteiger partial charge in [-0.15, -0.1) is 0 Å². The van der Waals surface area contributed by atoms with Gasteiger partial charge in [-0.25, -0.2) is 0 Å². The highest BCUT2D eigenvalue weighted by Gasteiger charge is 2.41. The molecule has 2 atom stereocenters. The molecule has 2 unspecified atom stereocenters. The number of nitrogens with one attached hydrogen (secondary N) is 1. The molecule has 0 radical (unpaired) electrons. The van der Waals surface area contributed by atoms with Gasteiger partial charge in [-0.05, 0) is 32.1 Å². The third kappa shape index (κ3) is 4.01. The van der Waals surface area contributed by atoms with Gasteiger partial charge in [0, 0.05) is 6.61 Å². The van der Waals surface area contributed by atoms with E-state index in [1.807, 2.05) is 6.92 Å². The van der Waals surface area contributed by atoms with E-state index in [0.29, 0.717) is 30.8 Å². The van der Waals surface area contributed by atoms with E-state index in [9.17, 15) is 4.79 Å². The van der Waals surface area contributed by atoms with Crippen LogP contribution in [-0.2, 0) is 21.7 Å². The first kappa shape index (κ1) is 15.9. The Morgan fingerprint density at radius 3 is 3.10 bits per heavy atom. The Hall–Kier alpha value is -1.47. The number of hydrogen-bond acceptors (Lipinski definition) is 6. The van der Waals surface area contributed by atoms with Crippen molar-refractivity contribution in [2.24, 2.45) is 11.7 Å². The first-order valence-electron chi connectivity index (χ1n) is 7.52. The Kier molecular flexibility index (Phi) is 5.30. The third-order valence-corrected chi connectivity index (χ3v) is 3.83. The Morgan fingerprint density at radius 2 is 2.43 bits per heavy atom. The summed E-state index contributed by atoms with van der Waals surface area (Å²) in [6.45, 7) is 5.24. The molecule has 1 saturated carbocycles. The average molecular weight is 296 g/mol. The topological polar surface area (TPSA) is 103 Å². The first-order valence-corrected chi connectivity index (χ1v) is 7.52. The summed E-state index contributed by atoms with van der Waals surface area (Å²) in [5, 5.41) is 6.95. The summed E-state index contributed by atoms with van der Waals surface area (Å²) in [6.07, 6.45) is 4.14. The summed E-state index contributed by atoms with van der Waals surface area (Å²) in [5.74, 6) is 1.23. The molecule has 0 saturated heterocycles. The minimum absolute atomic E-state index is 0.0886. The van der Waals surface area contributed by atoms with Gasteiger partial charge < -0.3 is 15.0 Å². The van der Waals surface area contributed by atoms with Crippen molar-refractivity contribution in [2.45, 2.75) is 51.7 Å². The van der Waals surface area contributed by atoms with Crippen LogP contribution in [-0.4, -0.2) is 29.2 Å². The van der Waals surface area contributed by atoms with Crippen molar-refractivity contribution in [1.29, 1.82) is 0 Å². The lowest BCUT2D eigenvalue weighted by Crippen LogP contribution is -2.36. The number of hydrogen-bond donors (Lipinski definition) is 2. The summed E-state index contributed by atoms with van der Waals surface area (Å²) < 4.78 is 11.3. The molecule has 1 fully saturated rings. The molecule has 1 heterocycles. The van der Waals surface area contributed by atoms with Crippen molar-refractivity contribution in [2.75, 3.05) is 13.2 Å². The quantitative estimate of drug-likeness (QED) is 0.780. The van der Waals surface area contributed by atoms with Gasteiger partial charge in [0.15, 0.2) is 0 Å². The second kappa shape index (κ2) is 7.00. The predicted octanol–water partition coefficient (Wildman–Crippen LogP) is 1.09. The molecule has 7 nitrogen and oxygen atoms in total. The molecule has 1 aliphatic rings. The standard InChI is InChI=1S/C14H24N4O3/c1-3-20-14(6-4-5-10(2)7-14)13-17-12(21-18-13)9-16-8-11(15)19/h10,16H,3-9H2,1-2H3,(H2,15,19). The van der Waals surface area contributed by atoms with Crippen LogP contribution in [0.25, 0.3) is 0 Å². The number of carbonyl (C=O) groups excluding carboxylic acids is 1. The predicted molar refractivity (Wildman–Crippen MR) is 76.1 cm³/mol. The Bertz CT molecular complexity index is 473. The molecular weight excluding hydrogens is 272 g/mol. The van der Waals surface area contributed by atoms with E-state index in [1.165, 1.54) is 6.42 Å². The summed E-state index contributed by atoms with van der Waals surface area (Å²) >= 11 is 0. The van der Waals surface area contributed by atoms with Gasteiger partial charge in [0.1, 0.15) is 5.60 Å². The van der Waals surface area contributed by atoms with Gasteiger partial charge in [-0.3, -0.25) is 10.1 Å². The van der Waals surface area contributed by atoms with Crippen molar-refractivity contribution in [3.05, 3.63) is 11.7 Å². The van der Waals surface area contributed by atoms with Crippen LogP contribution < -0.4 is 11.1 Å². The maximum atomic E-state index is 10.7. The summed E-state index contributed by atoms with van der Waals surface area (Å²) in [5.41, 5.74) is 4.63.